The highest BCUT2D eigenvalue weighted by Crippen LogP contribution is 2.28. The molecule has 0 radical (unpaired) electrons. The molecule has 0 spiro atoms. The van der Waals surface area contributed by atoms with Gasteiger partial charge in [0, 0.05) is 35.9 Å². The minimum absolute atomic E-state index is 0.168. The largest absolute Gasteiger partial charge is 0.370 e. The number of aromatic nitrogens is 4. The number of nitrogens with one attached hydrogen (secondary N) is 2. The second-order valence-electron chi connectivity index (χ2n) is 6.25. The molecule has 1 amide bonds. The quantitative estimate of drug-likeness (QED) is 0.413. The molecule has 150 valence electrons. The van der Waals surface area contributed by atoms with E-state index in [1.807, 2.05) is 31.2 Å². The van der Waals surface area contributed by atoms with Crippen molar-refractivity contribution in [2.45, 2.75) is 13.3 Å². The van der Waals surface area contributed by atoms with Crippen LogP contribution in [0.5, 0.6) is 0 Å². The van der Waals surface area contributed by atoms with E-state index in [1.54, 1.807) is 0 Å². The van der Waals surface area contributed by atoms with Gasteiger partial charge in [0.1, 0.15) is 11.5 Å². The highest BCUT2D eigenvalue weighted by Gasteiger charge is 2.09. The number of carbonyl (C=O) groups is 1. The summed E-state index contributed by atoms with van der Waals surface area (Å²) in [5, 5.41) is 6.94. The van der Waals surface area contributed by atoms with Crippen LogP contribution in [0.1, 0.15) is 22.5 Å². The lowest BCUT2D eigenvalue weighted by Gasteiger charge is -2.11. The zero-order valence-corrected chi connectivity index (χ0v) is 16.6. The van der Waals surface area contributed by atoms with Crippen molar-refractivity contribution >= 4 is 35.2 Å². The van der Waals surface area contributed by atoms with Gasteiger partial charge in [-0.2, -0.15) is 4.98 Å². The van der Waals surface area contributed by atoms with Crippen LogP contribution in [0, 0.1) is 6.92 Å². The number of halogens is 1. The first-order valence-electron chi connectivity index (χ1n) is 8.94. The molecular formula is C19H21ClN8O. The fourth-order valence-electron chi connectivity index (χ4n) is 2.67. The summed E-state index contributed by atoms with van der Waals surface area (Å²) < 4.78 is 0. The number of hydrogen-bond acceptors (Lipinski definition) is 8. The van der Waals surface area contributed by atoms with Gasteiger partial charge >= 0.3 is 0 Å². The fraction of sp³-hybridized carbons (Fsp3) is 0.211. The van der Waals surface area contributed by atoms with Crippen molar-refractivity contribution in [2.24, 2.45) is 5.73 Å². The highest BCUT2D eigenvalue weighted by molar-refractivity contribution is 6.31. The molecule has 3 rings (SSSR count). The Kier molecular flexibility index (Phi) is 6.40. The summed E-state index contributed by atoms with van der Waals surface area (Å²) in [7, 11) is 0. The maximum atomic E-state index is 11.1. The van der Waals surface area contributed by atoms with E-state index in [0.29, 0.717) is 35.6 Å². The number of amides is 1. The van der Waals surface area contributed by atoms with Gasteiger partial charge in [-0.1, -0.05) is 23.7 Å². The lowest BCUT2D eigenvalue weighted by molar-refractivity contribution is 0.0995. The lowest BCUT2D eigenvalue weighted by Crippen LogP contribution is -2.16. The first kappa shape index (κ1) is 20.3. The van der Waals surface area contributed by atoms with Gasteiger partial charge in [0.05, 0.1) is 5.69 Å². The van der Waals surface area contributed by atoms with Gasteiger partial charge in [-0.3, -0.25) is 4.79 Å². The molecule has 0 saturated heterocycles. The fourth-order valence-corrected chi connectivity index (χ4v) is 2.84. The third-order valence-corrected chi connectivity index (χ3v) is 4.55. The summed E-state index contributed by atoms with van der Waals surface area (Å²) in [5.74, 6) is 0.563. The van der Waals surface area contributed by atoms with Gasteiger partial charge in [0.25, 0.3) is 5.91 Å². The molecule has 0 atom stereocenters. The lowest BCUT2D eigenvalue weighted by atomic mass is 10.1. The third kappa shape index (κ3) is 5.29. The Balaban J connectivity index is 1.57. The van der Waals surface area contributed by atoms with Gasteiger partial charge < -0.3 is 22.1 Å². The maximum absolute atomic E-state index is 11.1. The average Bonchev–Trinajstić information content (AvgIpc) is 2.69. The predicted molar refractivity (Wildman–Crippen MR) is 114 cm³/mol. The van der Waals surface area contributed by atoms with Crippen molar-refractivity contribution in [3.8, 4) is 11.3 Å². The minimum atomic E-state index is -0.593. The van der Waals surface area contributed by atoms with Crippen molar-refractivity contribution in [2.75, 3.05) is 29.5 Å². The standard InChI is InChI=1S/C19H21ClN8O/c1-11-12(4-2-5-13(11)20)15-10-16(28-18(22)26-15)23-7-3-8-24-19-25-9-6-14(27-19)17(21)29/h2,4-6,9-10H,3,7-8H2,1H3,(H2,21,29)(H,24,25,27)(H3,22,23,26,28). The molecule has 10 heteroatoms. The molecule has 29 heavy (non-hydrogen) atoms. The SMILES string of the molecule is Cc1c(Cl)cccc1-c1cc(NCCCNc2nccc(C(N)=O)n2)nc(N)n1. The van der Waals surface area contributed by atoms with Gasteiger partial charge in [0.15, 0.2) is 0 Å². The average molecular weight is 413 g/mol. The van der Waals surface area contributed by atoms with Crippen LogP contribution >= 0.6 is 11.6 Å². The number of rotatable bonds is 8. The van der Waals surface area contributed by atoms with Crippen LogP contribution in [0.25, 0.3) is 11.3 Å². The van der Waals surface area contributed by atoms with Crippen molar-refractivity contribution in [3.63, 3.8) is 0 Å². The summed E-state index contributed by atoms with van der Waals surface area (Å²) >= 11 is 6.21. The van der Waals surface area contributed by atoms with Crippen LogP contribution in [0.3, 0.4) is 0 Å². The van der Waals surface area contributed by atoms with Gasteiger partial charge in [-0.05, 0) is 31.0 Å². The predicted octanol–water partition coefficient (Wildman–Crippen LogP) is 2.49. The van der Waals surface area contributed by atoms with E-state index in [1.165, 1.54) is 12.3 Å². The molecule has 3 aromatic rings. The number of nitrogens with two attached hydrogens (primary N) is 2. The summed E-state index contributed by atoms with van der Waals surface area (Å²) in [6.45, 7) is 3.16. The van der Waals surface area contributed by atoms with E-state index in [4.69, 9.17) is 23.1 Å². The number of nitrogen functional groups attached to an aromatic ring is 1. The number of anilines is 3. The molecule has 6 N–H and O–H groups in total. The molecule has 2 heterocycles. The molecule has 0 bridgehead atoms. The summed E-state index contributed by atoms with van der Waals surface area (Å²) in [4.78, 5) is 27.8. The first-order valence-corrected chi connectivity index (χ1v) is 9.32. The highest BCUT2D eigenvalue weighted by atomic mass is 35.5. The Morgan fingerprint density at radius 2 is 1.93 bits per heavy atom. The number of benzene rings is 1. The van der Waals surface area contributed by atoms with E-state index >= 15 is 0 Å². The molecule has 0 saturated carbocycles. The van der Waals surface area contributed by atoms with Crippen LogP contribution in [-0.2, 0) is 0 Å². The second kappa shape index (κ2) is 9.16. The van der Waals surface area contributed by atoms with Crippen molar-refractivity contribution in [1.82, 2.24) is 19.9 Å². The number of nitrogens with zero attached hydrogens (tertiary/aromatic N) is 4. The first-order chi connectivity index (χ1) is 13.9. The van der Waals surface area contributed by atoms with Gasteiger partial charge in [-0.15, -0.1) is 0 Å². The maximum Gasteiger partial charge on any atom is 0.267 e. The van der Waals surface area contributed by atoms with Gasteiger partial charge in [0.2, 0.25) is 11.9 Å². The van der Waals surface area contributed by atoms with Crippen LogP contribution < -0.4 is 22.1 Å². The molecule has 1 aromatic carbocycles. The van der Waals surface area contributed by atoms with Crippen LogP contribution in [0.15, 0.2) is 36.5 Å². The molecule has 9 nitrogen and oxygen atoms in total. The van der Waals surface area contributed by atoms with E-state index in [2.05, 4.69) is 30.6 Å². The Morgan fingerprint density at radius 3 is 2.72 bits per heavy atom. The van der Waals surface area contributed by atoms with Crippen LogP contribution in [-0.4, -0.2) is 38.9 Å². The Hall–Kier alpha value is -3.46. The molecular weight excluding hydrogens is 392 g/mol. The zero-order chi connectivity index (χ0) is 20.8. The summed E-state index contributed by atoms with van der Waals surface area (Å²) in [5.41, 5.74) is 13.8. The minimum Gasteiger partial charge on any atom is -0.370 e. The van der Waals surface area contributed by atoms with E-state index in [0.717, 1.165) is 17.5 Å². The number of hydrogen-bond donors (Lipinski definition) is 4. The van der Waals surface area contributed by atoms with E-state index < -0.39 is 5.91 Å². The Labute approximate surface area is 172 Å². The van der Waals surface area contributed by atoms with Crippen molar-refractivity contribution in [1.29, 1.82) is 0 Å². The van der Waals surface area contributed by atoms with Crippen molar-refractivity contribution < 1.29 is 4.79 Å². The van der Waals surface area contributed by atoms with E-state index in [9.17, 15) is 4.79 Å². The topological polar surface area (TPSA) is 145 Å². The summed E-state index contributed by atoms with van der Waals surface area (Å²) in [6, 6.07) is 8.95. The molecule has 0 aliphatic heterocycles. The molecule has 0 fully saturated rings. The summed E-state index contributed by atoms with van der Waals surface area (Å²) in [6.07, 6.45) is 2.23. The Bertz CT molecular complexity index is 1030. The van der Waals surface area contributed by atoms with Crippen LogP contribution in [0.4, 0.5) is 17.7 Å². The molecule has 0 aliphatic carbocycles. The molecule has 2 aromatic heterocycles. The Morgan fingerprint density at radius 1 is 1.14 bits per heavy atom. The second-order valence-corrected chi connectivity index (χ2v) is 6.65. The zero-order valence-electron chi connectivity index (χ0n) is 15.8. The third-order valence-electron chi connectivity index (χ3n) is 4.14. The van der Waals surface area contributed by atoms with E-state index in [-0.39, 0.29) is 11.6 Å². The number of primary amides is 1. The normalized spacial score (nSPS) is 10.6. The van der Waals surface area contributed by atoms with Crippen LogP contribution in [0.2, 0.25) is 5.02 Å². The number of carbonyl (C=O) groups excluding carboxylic acids is 1. The monoisotopic (exact) mass is 412 g/mol. The van der Waals surface area contributed by atoms with Crippen molar-refractivity contribution in [3.05, 3.63) is 52.8 Å². The smallest absolute Gasteiger partial charge is 0.267 e. The molecule has 0 unspecified atom stereocenters. The molecule has 0 aliphatic rings. The van der Waals surface area contributed by atoms with Gasteiger partial charge in [-0.25, -0.2) is 15.0 Å².